The molecule has 10 N–H and O–H groups in total. The number of ether oxygens (including phenoxy) is 4. The second kappa shape index (κ2) is 12.1. The van der Waals surface area contributed by atoms with Crippen LogP contribution in [-0.4, -0.2) is 131 Å². The molecule has 0 aromatic heterocycles. The Labute approximate surface area is 238 Å². The molecule has 2 fully saturated rings. The zero-order valence-electron chi connectivity index (χ0n) is 21.9. The second-order valence-corrected chi connectivity index (χ2v) is 10.3. The molecule has 2 saturated heterocycles. The number of fused-ring (bicyclic) bond motifs is 2. The number of hydrogen-bond acceptors (Lipinski definition) is 15. The maximum Gasteiger partial charge on any atom is 0.229 e. The largest absolute Gasteiger partial charge is 0.507 e. The van der Waals surface area contributed by atoms with Crippen LogP contribution in [0.15, 0.2) is 30.3 Å². The van der Waals surface area contributed by atoms with Crippen molar-refractivity contribution in [1.29, 1.82) is 0 Å². The number of carbonyl (C=O) groups excluding carboxylic acids is 1. The molecule has 0 bridgehead atoms. The number of hydrogen-bond donors (Lipinski definition) is 10. The number of phenols is 1. The van der Waals surface area contributed by atoms with E-state index in [0.29, 0.717) is 0 Å². The summed E-state index contributed by atoms with van der Waals surface area (Å²) in [6.07, 6.45) is -17.7. The Bertz CT molecular complexity index is 1300. The topological polar surface area (TPSA) is 256 Å². The van der Waals surface area contributed by atoms with Crippen LogP contribution in [0.3, 0.4) is 0 Å². The highest BCUT2D eigenvalue weighted by Crippen LogP contribution is 2.46. The first-order chi connectivity index (χ1) is 20.0. The number of aromatic hydroxyl groups is 1. The molecule has 5 rings (SSSR count). The smallest absolute Gasteiger partial charge is 0.229 e. The molecule has 0 spiro atoms. The number of carbonyl (C=O) groups is 1. The van der Waals surface area contributed by atoms with E-state index < -0.39 is 98.9 Å². The molecular formula is C27H32O15. The van der Waals surface area contributed by atoms with Gasteiger partial charge in [-0.3, -0.25) is 4.79 Å². The first-order valence-corrected chi connectivity index (χ1v) is 13.1. The Balaban J connectivity index is 1.58. The molecule has 2 aliphatic heterocycles. The van der Waals surface area contributed by atoms with Gasteiger partial charge in [-0.25, -0.2) is 0 Å². The zero-order chi connectivity index (χ0) is 30.5. The molecular weight excluding hydrogens is 564 g/mol. The van der Waals surface area contributed by atoms with Gasteiger partial charge in [-0.2, -0.15) is 0 Å². The summed E-state index contributed by atoms with van der Waals surface area (Å²) in [6, 6.07) is 6.76. The van der Waals surface area contributed by atoms with Gasteiger partial charge in [-0.15, -0.1) is 0 Å². The third-order valence-electron chi connectivity index (χ3n) is 7.68. The van der Waals surface area contributed by atoms with Gasteiger partial charge >= 0.3 is 0 Å². The lowest BCUT2D eigenvalue weighted by Gasteiger charge is -2.42. The van der Waals surface area contributed by atoms with E-state index in [-0.39, 0.29) is 33.6 Å². The predicted octanol–water partition coefficient (Wildman–Crippen LogP) is -3.49. The maximum absolute atomic E-state index is 13.8. The lowest BCUT2D eigenvalue weighted by molar-refractivity contribution is -0.309. The predicted molar refractivity (Wildman–Crippen MR) is 135 cm³/mol. The Morgan fingerprint density at radius 3 is 1.90 bits per heavy atom. The molecule has 3 aliphatic rings. The van der Waals surface area contributed by atoms with Crippen molar-refractivity contribution in [2.75, 3.05) is 13.2 Å². The van der Waals surface area contributed by atoms with Gasteiger partial charge in [0.05, 0.1) is 30.9 Å². The average Bonchev–Trinajstić information content (AvgIpc) is 2.98. The van der Waals surface area contributed by atoms with E-state index in [1.165, 1.54) is 24.3 Å². The summed E-state index contributed by atoms with van der Waals surface area (Å²) < 4.78 is 22.7. The van der Waals surface area contributed by atoms with E-state index in [4.69, 9.17) is 18.9 Å². The van der Waals surface area contributed by atoms with Crippen molar-refractivity contribution in [1.82, 2.24) is 0 Å². The first-order valence-electron chi connectivity index (χ1n) is 13.1. The lowest BCUT2D eigenvalue weighted by atomic mass is 9.81. The molecule has 0 unspecified atom stereocenters. The summed E-state index contributed by atoms with van der Waals surface area (Å²) in [5.74, 6) is -1.51. The van der Waals surface area contributed by atoms with Crippen LogP contribution in [-0.2, 0) is 20.8 Å². The van der Waals surface area contributed by atoms with Gasteiger partial charge in [0.25, 0.3) is 0 Å². The van der Waals surface area contributed by atoms with Crippen LogP contribution in [0, 0.1) is 0 Å². The van der Waals surface area contributed by atoms with E-state index in [2.05, 4.69) is 0 Å². The number of rotatable bonds is 7. The van der Waals surface area contributed by atoms with Crippen LogP contribution in [0.5, 0.6) is 11.5 Å². The van der Waals surface area contributed by atoms with Crippen molar-refractivity contribution < 1.29 is 74.8 Å². The molecule has 230 valence electrons. The molecule has 2 aromatic carbocycles. The van der Waals surface area contributed by atoms with Crippen molar-refractivity contribution in [3.63, 3.8) is 0 Å². The number of ketones is 1. The Kier molecular flexibility index (Phi) is 8.82. The highest BCUT2D eigenvalue weighted by Gasteiger charge is 2.48. The standard InChI is InChI=1S/C27H32O15/c28-6-9-4-11-16(12(31)5-9)20(34)17-10(25(11)42-27-24(38)22(36)19(33)15(8-30)41-27)2-1-3-13(17)39-26-23(37)21(35)18(32)14(7-29)40-26/h1-5,14-15,18-19,21-33,35-38H,6-8H2/t14-,15-,18+,19+,21+,22-,23-,24-,25+,26+,27+/m1/s1. The van der Waals surface area contributed by atoms with Crippen molar-refractivity contribution in [3.05, 3.63) is 58.1 Å². The highest BCUT2D eigenvalue weighted by atomic mass is 16.7. The molecule has 0 radical (unpaired) electrons. The summed E-state index contributed by atoms with van der Waals surface area (Å²) in [7, 11) is 0. The van der Waals surface area contributed by atoms with Crippen molar-refractivity contribution in [2.45, 2.75) is 74.1 Å². The van der Waals surface area contributed by atoms with Gasteiger partial charge in [0.2, 0.25) is 12.1 Å². The molecule has 2 heterocycles. The molecule has 11 atom stereocenters. The fraction of sp³-hybridized carbons (Fsp3) is 0.519. The fourth-order valence-electron chi connectivity index (χ4n) is 5.41. The summed E-state index contributed by atoms with van der Waals surface area (Å²) in [6.45, 7) is -1.97. The maximum atomic E-state index is 13.8. The van der Waals surface area contributed by atoms with E-state index in [1.54, 1.807) is 0 Å². The Morgan fingerprint density at radius 2 is 1.31 bits per heavy atom. The Hall–Kier alpha value is -2.77. The van der Waals surface area contributed by atoms with Crippen LogP contribution in [0.4, 0.5) is 0 Å². The summed E-state index contributed by atoms with van der Waals surface area (Å²) in [4.78, 5) is 13.8. The number of aliphatic hydroxyl groups excluding tert-OH is 9. The molecule has 15 heteroatoms. The molecule has 2 aromatic rings. The fourth-order valence-corrected chi connectivity index (χ4v) is 5.41. The van der Waals surface area contributed by atoms with E-state index in [0.717, 1.165) is 6.07 Å². The first kappa shape index (κ1) is 30.7. The molecule has 15 nitrogen and oxygen atoms in total. The van der Waals surface area contributed by atoms with Crippen LogP contribution in [0.2, 0.25) is 0 Å². The molecule has 0 saturated carbocycles. The van der Waals surface area contributed by atoms with Crippen molar-refractivity contribution >= 4 is 5.78 Å². The summed E-state index contributed by atoms with van der Waals surface area (Å²) in [5, 5.41) is 101. The summed E-state index contributed by atoms with van der Waals surface area (Å²) in [5.41, 5.74) is -0.0964. The van der Waals surface area contributed by atoms with Gasteiger partial charge < -0.3 is 70.0 Å². The zero-order valence-corrected chi connectivity index (χ0v) is 21.9. The van der Waals surface area contributed by atoms with Gasteiger partial charge in [0, 0.05) is 11.1 Å². The van der Waals surface area contributed by atoms with Gasteiger partial charge in [-0.05, 0) is 23.8 Å². The quantitative estimate of drug-likeness (QED) is 0.149. The number of phenolic OH excluding ortho intramolecular Hbond substituents is 1. The van der Waals surface area contributed by atoms with Crippen LogP contribution in [0.1, 0.15) is 38.7 Å². The SMILES string of the molecule is O=C1c2c(O)cc(CO)cc2[C@@H](O[C@@H]2O[C@H](CO)[C@H](O)[C@@H](O)[C@H]2O)c2cccc(O[C@H]3O[C@H](CO)[C@H](O)[C@H](O)[C@H]3O)c21. The number of aliphatic hydroxyl groups is 9. The van der Waals surface area contributed by atoms with Crippen LogP contribution in [0.25, 0.3) is 0 Å². The third-order valence-corrected chi connectivity index (χ3v) is 7.68. The molecule has 1 aliphatic carbocycles. The summed E-state index contributed by atoms with van der Waals surface area (Å²) >= 11 is 0. The average molecular weight is 597 g/mol. The van der Waals surface area contributed by atoms with Crippen LogP contribution < -0.4 is 4.74 Å². The van der Waals surface area contributed by atoms with Gasteiger partial charge in [0.1, 0.15) is 66.4 Å². The second-order valence-electron chi connectivity index (χ2n) is 10.3. The van der Waals surface area contributed by atoms with Gasteiger partial charge in [-0.1, -0.05) is 12.1 Å². The normalized spacial score (nSPS) is 36.3. The van der Waals surface area contributed by atoms with Gasteiger partial charge in [0.15, 0.2) is 6.29 Å². The lowest BCUT2D eigenvalue weighted by Crippen LogP contribution is -2.60. The van der Waals surface area contributed by atoms with Crippen LogP contribution >= 0.6 is 0 Å². The van der Waals surface area contributed by atoms with Crippen molar-refractivity contribution in [2.24, 2.45) is 0 Å². The highest BCUT2D eigenvalue weighted by molar-refractivity contribution is 6.16. The molecule has 42 heavy (non-hydrogen) atoms. The van der Waals surface area contributed by atoms with E-state index >= 15 is 0 Å². The third kappa shape index (κ3) is 5.17. The monoisotopic (exact) mass is 596 g/mol. The van der Waals surface area contributed by atoms with Crippen molar-refractivity contribution in [3.8, 4) is 11.5 Å². The van der Waals surface area contributed by atoms with E-state index in [1.807, 2.05) is 0 Å². The minimum absolute atomic E-state index is 0.0542. The number of benzene rings is 2. The molecule has 0 amide bonds. The van der Waals surface area contributed by atoms with E-state index in [9.17, 15) is 55.9 Å². The minimum atomic E-state index is -1.81. The minimum Gasteiger partial charge on any atom is -0.507 e. The Morgan fingerprint density at radius 1 is 0.714 bits per heavy atom.